The number of piperazine rings is 1. The third-order valence-corrected chi connectivity index (χ3v) is 3.78. The average Bonchev–Trinajstić information content (AvgIpc) is 2.36. The van der Waals surface area contributed by atoms with Crippen molar-refractivity contribution < 1.29 is 4.79 Å². The van der Waals surface area contributed by atoms with Gasteiger partial charge in [0.1, 0.15) is 6.04 Å². The SMILES string of the molecule is Cc1ccccc1N1CC(C)N(C)C(=O)C1CN. The maximum Gasteiger partial charge on any atom is 0.246 e. The van der Waals surface area contributed by atoms with Crippen molar-refractivity contribution in [3.8, 4) is 0 Å². The Morgan fingerprint density at radius 2 is 2.06 bits per heavy atom. The van der Waals surface area contributed by atoms with E-state index >= 15 is 0 Å². The summed E-state index contributed by atoms with van der Waals surface area (Å²) < 4.78 is 0. The maximum absolute atomic E-state index is 12.3. The molecule has 1 heterocycles. The first-order chi connectivity index (χ1) is 8.56. The lowest BCUT2D eigenvalue weighted by Gasteiger charge is -2.44. The second-order valence-corrected chi connectivity index (χ2v) is 4.99. The van der Waals surface area contributed by atoms with Crippen LogP contribution in [0, 0.1) is 6.92 Å². The molecule has 0 saturated carbocycles. The molecule has 1 aromatic carbocycles. The predicted octanol–water partition coefficient (Wildman–Crippen LogP) is 0.989. The molecule has 0 spiro atoms. The van der Waals surface area contributed by atoms with Gasteiger partial charge in [-0.1, -0.05) is 18.2 Å². The molecule has 4 heteroatoms. The van der Waals surface area contributed by atoms with Crippen LogP contribution in [0.15, 0.2) is 24.3 Å². The largest absolute Gasteiger partial charge is 0.356 e. The Hall–Kier alpha value is -1.55. The summed E-state index contributed by atoms with van der Waals surface area (Å²) >= 11 is 0. The van der Waals surface area contributed by atoms with Crippen molar-refractivity contribution in [1.82, 2.24) is 4.90 Å². The van der Waals surface area contributed by atoms with Crippen molar-refractivity contribution in [2.75, 3.05) is 25.0 Å². The Balaban J connectivity index is 2.37. The number of benzene rings is 1. The fourth-order valence-corrected chi connectivity index (χ4v) is 2.50. The van der Waals surface area contributed by atoms with Gasteiger partial charge in [-0.25, -0.2) is 0 Å². The van der Waals surface area contributed by atoms with Gasteiger partial charge in [-0.3, -0.25) is 4.79 Å². The highest BCUT2D eigenvalue weighted by Crippen LogP contribution is 2.26. The van der Waals surface area contributed by atoms with Gasteiger partial charge in [0.05, 0.1) is 0 Å². The summed E-state index contributed by atoms with van der Waals surface area (Å²) in [6.07, 6.45) is 0. The third-order valence-electron chi connectivity index (χ3n) is 3.78. The van der Waals surface area contributed by atoms with Gasteiger partial charge in [-0.05, 0) is 25.5 Å². The topological polar surface area (TPSA) is 49.6 Å². The Morgan fingerprint density at radius 3 is 2.67 bits per heavy atom. The molecule has 1 saturated heterocycles. The molecule has 0 aromatic heterocycles. The second kappa shape index (κ2) is 4.98. The van der Waals surface area contributed by atoms with Gasteiger partial charge in [0.15, 0.2) is 0 Å². The second-order valence-electron chi connectivity index (χ2n) is 4.99. The Morgan fingerprint density at radius 1 is 1.39 bits per heavy atom. The molecule has 4 nitrogen and oxygen atoms in total. The summed E-state index contributed by atoms with van der Waals surface area (Å²) in [5, 5.41) is 0. The van der Waals surface area contributed by atoms with Gasteiger partial charge in [0, 0.05) is 31.9 Å². The van der Waals surface area contributed by atoms with E-state index in [0.29, 0.717) is 6.54 Å². The first-order valence-electron chi connectivity index (χ1n) is 6.35. The van der Waals surface area contributed by atoms with Crippen LogP contribution in [0.5, 0.6) is 0 Å². The summed E-state index contributed by atoms with van der Waals surface area (Å²) in [7, 11) is 1.85. The molecule has 2 N–H and O–H groups in total. The molecule has 1 fully saturated rings. The zero-order chi connectivity index (χ0) is 13.3. The van der Waals surface area contributed by atoms with Crippen LogP contribution in [0.1, 0.15) is 12.5 Å². The van der Waals surface area contributed by atoms with Crippen molar-refractivity contribution >= 4 is 11.6 Å². The molecule has 2 rings (SSSR count). The van der Waals surface area contributed by atoms with E-state index in [1.807, 2.05) is 19.2 Å². The van der Waals surface area contributed by atoms with Crippen molar-refractivity contribution in [3.05, 3.63) is 29.8 Å². The molecule has 2 unspecified atom stereocenters. The number of hydrogen-bond acceptors (Lipinski definition) is 3. The lowest BCUT2D eigenvalue weighted by Crippen LogP contribution is -2.62. The third kappa shape index (κ3) is 2.08. The molecule has 98 valence electrons. The van der Waals surface area contributed by atoms with Crippen molar-refractivity contribution in [2.45, 2.75) is 25.9 Å². The number of amides is 1. The molecule has 1 amide bonds. The van der Waals surface area contributed by atoms with Crippen LogP contribution in [-0.2, 0) is 4.79 Å². The minimum absolute atomic E-state index is 0.111. The number of rotatable bonds is 2. The van der Waals surface area contributed by atoms with Gasteiger partial charge in [-0.2, -0.15) is 0 Å². The lowest BCUT2D eigenvalue weighted by atomic mass is 10.0. The first kappa shape index (κ1) is 12.9. The Bertz CT molecular complexity index is 446. The van der Waals surface area contributed by atoms with Crippen LogP contribution in [0.2, 0.25) is 0 Å². The monoisotopic (exact) mass is 247 g/mol. The molecule has 1 aromatic rings. The maximum atomic E-state index is 12.3. The zero-order valence-electron chi connectivity index (χ0n) is 11.3. The fourth-order valence-electron chi connectivity index (χ4n) is 2.50. The minimum Gasteiger partial charge on any atom is -0.356 e. The predicted molar refractivity (Wildman–Crippen MR) is 73.6 cm³/mol. The van der Waals surface area contributed by atoms with Gasteiger partial charge in [-0.15, -0.1) is 0 Å². The molecular weight excluding hydrogens is 226 g/mol. The van der Waals surface area contributed by atoms with Crippen LogP contribution in [-0.4, -0.2) is 43.0 Å². The molecule has 1 aliphatic rings. The van der Waals surface area contributed by atoms with Gasteiger partial charge >= 0.3 is 0 Å². The fraction of sp³-hybridized carbons (Fsp3) is 0.500. The smallest absolute Gasteiger partial charge is 0.246 e. The lowest BCUT2D eigenvalue weighted by molar-refractivity contribution is -0.134. The van der Waals surface area contributed by atoms with Crippen LogP contribution < -0.4 is 10.6 Å². The van der Waals surface area contributed by atoms with E-state index in [2.05, 4.69) is 30.9 Å². The highest BCUT2D eigenvalue weighted by Gasteiger charge is 2.36. The van der Waals surface area contributed by atoms with Crippen LogP contribution >= 0.6 is 0 Å². The van der Waals surface area contributed by atoms with Gasteiger partial charge < -0.3 is 15.5 Å². The molecule has 18 heavy (non-hydrogen) atoms. The number of aryl methyl sites for hydroxylation is 1. The number of anilines is 1. The summed E-state index contributed by atoms with van der Waals surface area (Å²) in [5.41, 5.74) is 8.08. The first-order valence-corrected chi connectivity index (χ1v) is 6.35. The number of carbonyl (C=O) groups excluding carboxylic acids is 1. The van der Waals surface area contributed by atoms with Crippen molar-refractivity contribution in [2.24, 2.45) is 5.73 Å². The highest BCUT2D eigenvalue weighted by atomic mass is 16.2. The van der Waals surface area contributed by atoms with Gasteiger partial charge in [0.25, 0.3) is 0 Å². The number of carbonyl (C=O) groups is 1. The van der Waals surface area contributed by atoms with Crippen molar-refractivity contribution in [1.29, 1.82) is 0 Å². The summed E-state index contributed by atoms with van der Waals surface area (Å²) in [6, 6.07) is 8.10. The Labute approximate surface area is 108 Å². The van der Waals surface area contributed by atoms with E-state index in [9.17, 15) is 4.79 Å². The van der Waals surface area contributed by atoms with E-state index in [-0.39, 0.29) is 18.0 Å². The van der Waals surface area contributed by atoms with E-state index in [1.54, 1.807) is 4.90 Å². The van der Waals surface area contributed by atoms with E-state index < -0.39 is 0 Å². The number of para-hydroxylation sites is 1. The molecule has 2 atom stereocenters. The quantitative estimate of drug-likeness (QED) is 0.848. The summed E-state index contributed by atoms with van der Waals surface area (Å²) in [5.74, 6) is 0.111. The summed E-state index contributed by atoms with van der Waals surface area (Å²) in [6.45, 7) is 5.31. The number of nitrogens with two attached hydrogens (primary N) is 1. The molecular formula is C14H21N3O. The van der Waals surface area contributed by atoms with E-state index in [4.69, 9.17) is 5.73 Å². The standard InChI is InChI=1S/C14H21N3O/c1-10-6-4-5-7-12(10)17-9-11(2)16(3)14(18)13(17)8-15/h4-7,11,13H,8-9,15H2,1-3H3. The summed E-state index contributed by atoms with van der Waals surface area (Å²) in [4.78, 5) is 16.2. The van der Waals surface area contributed by atoms with Crippen LogP contribution in [0.25, 0.3) is 0 Å². The van der Waals surface area contributed by atoms with Crippen LogP contribution in [0.3, 0.4) is 0 Å². The van der Waals surface area contributed by atoms with Crippen molar-refractivity contribution in [3.63, 3.8) is 0 Å². The molecule has 0 bridgehead atoms. The van der Waals surface area contributed by atoms with Crippen LogP contribution in [0.4, 0.5) is 5.69 Å². The Kier molecular flexibility index (Phi) is 3.57. The van der Waals surface area contributed by atoms with Gasteiger partial charge in [0.2, 0.25) is 5.91 Å². The molecule has 1 aliphatic heterocycles. The van der Waals surface area contributed by atoms with E-state index in [1.165, 1.54) is 5.56 Å². The number of nitrogens with zero attached hydrogens (tertiary/aromatic N) is 2. The number of likely N-dealkylation sites (N-methyl/N-ethyl adjacent to an activating group) is 1. The normalized spacial score (nSPS) is 24.6. The van der Waals surface area contributed by atoms with E-state index in [0.717, 1.165) is 12.2 Å². The molecule has 0 aliphatic carbocycles. The molecule has 0 radical (unpaired) electrons. The highest BCUT2D eigenvalue weighted by molar-refractivity contribution is 5.87. The average molecular weight is 247 g/mol. The zero-order valence-corrected chi connectivity index (χ0v) is 11.3. The minimum atomic E-state index is -0.243. The number of hydrogen-bond donors (Lipinski definition) is 1.